The van der Waals surface area contributed by atoms with Crippen LogP contribution in [0.2, 0.25) is 5.02 Å². The molecule has 2 unspecified atom stereocenters. The lowest BCUT2D eigenvalue weighted by molar-refractivity contribution is -0.385. The van der Waals surface area contributed by atoms with Gasteiger partial charge in [-0.1, -0.05) is 18.0 Å². The van der Waals surface area contributed by atoms with Gasteiger partial charge in [0, 0.05) is 29.8 Å². The van der Waals surface area contributed by atoms with Crippen LogP contribution in [0, 0.1) is 22.0 Å². The van der Waals surface area contributed by atoms with Crippen LogP contribution in [0.25, 0.3) is 0 Å². The number of nitro benzene ring substituents is 1. The zero-order valence-corrected chi connectivity index (χ0v) is 12.0. The minimum absolute atomic E-state index is 0.0898. The van der Waals surface area contributed by atoms with E-state index in [2.05, 4.69) is 5.32 Å². The van der Waals surface area contributed by atoms with E-state index in [0.29, 0.717) is 29.0 Å². The second-order valence-electron chi connectivity index (χ2n) is 5.29. The van der Waals surface area contributed by atoms with Gasteiger partial charge in [0.05, 0.1) is 4.92 Å². The molecule has 0 aromatic heterocycles. The van der Waals surface area contributed by atoms with Crippen molar-refractivity contribution in [3.63, 3.8) is 0 Å². The van der Waals surface area contributed by atoms with Crippen LogP contribution >= 0.6 is 11.6 Å². The summed E-state index contributed by atoms with van der Waals surface area (Å²) in [5.74, 6) is 0.815. The minimum atomic E-state index is -0.389. The highest BCUT2D eigenvalue weighted by Gasteiger charge is 2.26. The molecule has 0 bridgehead atoms. The van der Waals surface area contributed by atoms with Crippen LogP contribution < -0.4 is 5.32 Å². The number of aliphatic hydroxyl groups excluding tert-OH is 1. The lowest BCUT2D eigenvalue weighted by atomic mass is 9.97. The van der Waals surface area contributed by atoms with Gasteiger partial charge in [0.25, 0.3) is 5.69 Å². The average Bonchev–Trinajstić information content (AvgIpc) is 2.86. The molecule has 1 saturated carbocycles. The number of hydrogen-bond donors (Lipinski definition) is 2. The second-order valence-corrected chi connectivity index (χ2v) is 5.73. The van der Waals surface area contributed by atoms with E-state index in [-0.39, 0.29) is 17.2 Å². The molecule has 20 heavy (non-hydrogen) atoms. The summed E-state index contributed by atoms with van der Waals surface area (Å²) < 4.78 is 0. The third-order valence-electron chi connectivity index (χ3n) is 4.01. The smallest absolute Gasteiger partial charge is 0.273 e. The number of nitro groups is 1. The Morgan fingerprint density at radius 3 is 2.85 bits per heavy atom. The van der Waals surface area contributed by atoms with Crippen molar-refractivity contribution >= 4 is 17.3 Å². The van der Waals surface area contributed by atoms with Crippen LogP contribution in [0.5, 0.6) is 0 Å². The largest absolute Gasteiger partial charge is 0.396 e. The van der Waals surface area contributed by atoms with Crippen molar-refractivity contribution in [2.75, 3.05) is 13.2 Å². The lowest BCUT2D eigenvalue weighted by Gasteiger charge is -2.17. The fourth-order valence-electron chi connectivity index (χ4n) is 2.89. The summed E-state index contributed by atoms with van der Waals surface area (Å²) in [6.45, 7) is 1.42. The molecule has 5 nitrogen and oxygen atoms in total. The van der Waals surface area contributed by atoms with Crippen LogP contribution in [0.15, 0.2) is 18.2 Å². The van der Waals surface area contributed by atoms with Crippen molar-refractivity contribution in [2.45, 2.75) is 25.8 Å². The summed E-state index contributed by atoms with van der Waals surface area (Å²) in [5, 5.41) is 24.0. The number of hydrogen-bond acceptors (Lipinski definition) is 4. The molecule has 0 saturated heterocycles. The van der Waals surface area contributed by atoms with Crippen LogP contribution in [0.3, 0.4) is 0 Å². The Labute approximate surface area is 123 Å². The fourth-order valence-corrected chi connectivity index (χ4v) is 3.08. The van der Waals surface area contributed by atoms with Gasteiger partial charge in [-0.05, 0) is 43.4 Å². The van der Waals surface area contributed by atoms with E-state index in [1.165, 1.54) is 12.1 Å². The van der Waals surface area contributed by atoms with Crippen molar-refractivity contribution in [1.82, 2.24) is 5.32 Å². The molecule has 6 heteroatoms. The van der Waals surface area contributed by atoms with E-state index in [0.717, 1.165) is 25.8 Å². The van der Waals surface area contributed by atoms with Crippen molar-refractivity contribution in [3.05, 3.63) is 38.9 Å². The maximum Gasteiger partial charge on any atom is 0.273 e. The number of nitrogens with zero attached hydrogens (tertiary/aromatic N) is 1. The first-order valence-corrected chi connectivity index (χ1v) is 7.24. The number of benzene rings is 1. The standard InChI is InChI=1S/C14H19ClN2O3/c15-13-4-5-14(17(19)20)12(6-13)8-16-7-10-2-1-3-11(10)9-18/h4-6,10-11,16,18H,1-3,7-9H2. The van der Waals surface area contributed by atoms with E-state index in [1.54, 1.807) is 6.07 Å². The van der Waals surface area contributed by atoms with E-state index < -0.39 is 0 Å². The molecule has 1 aromatic carbocycles. The molecule has 1 aliphatic carbocycles. The van der Waals surface area contributed by atoms with Gasteiger partial charge in [0.2, 0.25) is 0 Å². The van der Waals surface area contributed by atoms with Crippen molar-refractivity contribution in [1.29, 1.82) is 0 Å². The highest BCUT2D eigenvalue weighted by atomic mass is 35.5. The Balaban J connectivity index is 1.93. The molecule has 2 rings (SSSR count). The second kappa shape index (κ2) is 7.02. The normalized spacial score (nSPS) is 22.1. The minimum Gasteiger partial charge on any atom is -0.396 e. The Bertz CT molecular complexity index is 481. The van der Waals surface area contributed by atoms with Gasteiger partial charge >= 0.3 is 0 Å². The van der Waals surface area contributed by atoms with Gasteiger partial charge in [0.1, 0.15) is 0 Å². The topological polar surface area (TPSA) is 75.4 Å². The molecule has 0 heterocycles. The molecule has 1 aliphatic rings. The van der Waals surface area contributed by atoms with Gasteiger partial charge in [-0.3, -0.25) is 10.1 Å². The predicted octanol–water partition coefficient (Wildman–Crippen LogP) is 2.75. The predicted molar refractivity (Wildman–Crippen MR) is 77.7 cm³/mol. The van der Waals surface area contributed by atoms with Gasteiger partial charge in [-0.25, -0.2) is 0 Å². The molecule has 1 fully saturated rings. The van der Waals surface area contributed by atoms with E-state index in [4.69, 9.17) is 11.6 Å². The molecular weight excluding hydrogens is 280 g/mol. The molecule has 0 aliphatic heterocycles. The molecule has 0 radical (unpaired) electrons. The zero-order chi connectivity index (χ0) is 14.5. The third kappa shape index (κ3) is 3.69. The third-order valence-corrected chi connectivity index (χ3v) is 4.25. The van der Waals surface area contributed by atoms with E-state index >= 15 is 0 Å². The Hall–Kier alpha value is -1.17. The van der Waals surface area contributed by atoms with Gasteiger partial charge in [0.15, 0.2) is 0 Å². The van der Waals surface area contributed by atoms with Gasteiger partial charge in [-0.2, -0.15) is 0 Å². The Kier molecular flexibility index (Phi) is 5.34. The van der Waals surface area contributed by atoms with Gasteiger partial charge < -0.3 is 10.4 Å². The molecule has 1 aromatic rings. The van der Waals surface area contributed by atoms with Crippen molar-refractivity contribution in [3.8, 4) is 0 Å². The first-order valence-electron chi connectivity index (χ1n) is 6.86. The van der Waals surface area contributed by atoms with E-state index in [1.807, 2.05) is 0 Å². The summed E-state index contributed by atoms with van der Waals surface area (Å²) in [6.07, 6.45) is 3.32. The number of nitrogens with one attached hydrogen (secondary N) is 1. The molecular formula is C14H19ClN2O3. The molecule has 2 N–H and O–H groups in total. The van der Waals surface area contributed by atoms with Crippen LogP contribution in [-0.4, -0.2) is 23.2 Å². The Morgan fingerprint density at radius 2 is 2.15 bits per heavy atom. The first-order chi connectivity index (χ1) is 9.61. The summed E-state index contributed by atoms with van der Waals surface area (Å²) >= 11 is 5.89. The van der Waals surface area contributed by atoms with E-state index in [9.17, 15) is 15.2 Å². The summed E-state index contributed by atoms with van der Waals surface area (Å²) in [6, 6.07) is 4.60. The monoisotopic (exact) mass is 298 g/mol. The number of halogens is 1. The number of rotatable bonds is 6. The van der Waals surface area contributed by atoms with Crippen LogP contribution in [0.4, 0.5) is 5.69 Å². The van der Waals surface area contributed by atoms with Crippen LogP contribution in [-0.2, 0) is 6.54 Å². The molecule has 110 valence electrons. The maximum atomic E-state index is 11.0. The summed E-state index contributed by atoms with van der Waals surface area (Å²) in [7, 11) is 0. The fraction of sp³-hybridized carbons (Fsp3) is 0.571. The Morgan fingerprint density at radius 1 is 1.40 bits per heavy atom. The summed E-state index contributed by atoms with van der Waals surface area (Å²) in [4.78, 5) is 10.6. The quantitative estimate of drug-likeness (QED) is 0.625. The highest BCUT2D eigenvalue weighted by Crippen LogP contribution is 2.31. The van der Waals surface area contributed by atoms with Crippen LogP contribution in [0.1, 0.15) is 24.8 Å². The lowest BCUT2D eigenvalue weighted by Crippen LogP contribution is -2.26. The highest BCUT2D eigenvalue weighted by molar-refractivity contribution is 6.30. The summed E-state index contributed by atoms with van der Waals surface area (Å²) in [5.41, 5.74) is 0.688. The first kappa shape index (κ1) is 15.2. The zero-order valence-electron chi connectivity index (χ0n) is 11.2. The van der Waals surface area contributed by atoms with Gasteiger partial charge in [-0.15, -0.1) is 0 Å². The average molecular weight is 299 g/mol. The molecule has 0 spiro atoms. The maximum absolute atomic E-state index is 11.0. The number of aliphatic hydroxyl groups is 1. The SMILES string of the molecule is O=[N+]([O-])c1ccc(Cl)cc1CNCC1CCCC1CO. The molecule has 2 atom stereocenters. The molecule has 0 amide bonds. The van der Waals surface area contributed by atoms with Crippen molar-refractivity contribution in [2.24, 2.45) is 11.8 Å². The van der Waals surface area contributed by atoms with Crippen molar-refractivity contribution < 1.29 is 10.0 Å².